The van der Waals surface area contributed by atoms with Gasteiger partial charge in [-0.3, -0.25) is 0 Å². The van der Waals surface area contributed by atoms with Gasteiger partial charge in [0.1, 0.15) is 11.5 Å². The molecular weight excluding hydrogens is 763 g/mol. The summed E-state index contributed by atoms with van der Waals surface area (Å²) in [5.74, 6) is 1.69. The van der Waals surface area contributed by atoms with Crippen molar-refractivity contribution in [3.05, 3.63) is 259 Å². The van der Waals surface area contributed by atoms with Gasteiger partial charge in [0, 0.05) is 28.1 Å². The van der Waals surface area contributed by atoms with Crippen LogP contribution in [-0.2, 0) is 5.41 Å². The molecule has 2 heteroatoms. The number of nitrogens with zero attached hydrogens (tertiary/aromatic N) is 1. The molecule has 3 aliphatic rings. The van der Waals surface area contributed by atoms with Crippen LogP contribution in [0.2, 0.25) is 0 Å². The molecule has 0 radical (unpaired) electrons. The maximum absolute atomic E-state index is 6.78. The van der Waals surface area contributed by atoms with Gasteiger partial charge in [0.25, 0.3) is 0 Å². The molecule has 63 heavy (non-hydrogen) atoms. The van der Waals surface area contributed by atoms with Crippen molar-refractivity contribution >= 4 is 17.1 Å². The van der Waals surface area contributed by atoms with Gasteiger partial charge in [-0.05, 0) is 115 Å². The highest BCUT2D eigenvalue weighted by atomic mass is 16.5. The van der Waals surface area contributed by atoms with E-state index in [0.717, 1.165) is 61.9 Å². The van der Waals surface area contributed by atoms with Gasteiger partial charge >= 0.3 is 0 Å². The molecule has 1 spiro atoms. The lowest BCUT2D eigenvalue weighted by Gasteiger charge is -2.36. The Morgan fingerprint density at radius 1 is 0.270 bits per heavy atom. The summed E-state index contributed by atoms with van der Waals surface area (Å²) in [6.07, 6.45) is 0. The van der Waals surface area contributed by atoms with Crippen LogP contribution in [0.25, 0.3) is 66.8 Å². The number of hydrogen-bond donors (Lipinski definition) is 0. The van der Waals surface area contributed by atoms with Crippen molar-refractivity contribution in [3.8, 4) is 78.3 Å². The van der Waals surface area contributed by atoms with Crippen molar-refractivity contribution in [2.45, 2.75) is 5.41 Å². The van der Waals surface area contributed by atoms with E-state index in [2.05, 4.69) is 235 Å². The number of benzene rings is 10. The normalized spacial score (nSPS) is 13.0. The van der Waals surface area contributed by atoms with E-state index in [-0.39, 0.29) is 0 Å². The summed E-state index contributed by atoms with van der Waals surface area (Å²) in [7, 11) is 0. The molecule has 0 bridgehead atoms. The fraction of sp³-hybridized carbons (Fsp3) is 0.0164. The minimum atomic E-state index is -0.606. The van der Waals surface area contributed by atoms with E-state index in [9.17, 15) is 0 Å². The first kappa shape index (κ1) is 35.5. The zero-order chi connectivity index (χ0) is 41.5. The van der Waals surface area contributed by atoms with Crippen molar-refractivity contribution in [1.29, 1.82) is 0 Å². The summed E-state index contributed by atoms with van der Waals surface area (Å²) < 4.78 is 6.78. The number of rotatable bonds is 4. The Kier molecular flexibility index (Phi) is 7.85. The topological polar surface area (TPSA) is 12.5 Å². The highest BCUT2D eigenvalue weighted by molar-refractivity contribution is 5.99. The molecule has 1 aliphatic heterocycles. The standard InChI is InChI=1S/C61H39NO/c1-2-18-40(19-3-1)43-20-11-16-32-58(43)62(41-35-37-60-53(38-41)47-24-7-6-23-46(47)52-28-12-17-33-59(52)63-60)42-34-36-51-50-27-10-15-31-56(50)61(57(51)39-42)54-29-13-8-25-48(54)44-21-4-5-22-45(44)49-26-9-14-30-55(49)61/h1-39H. The molecule has 10 aromatic rings. The maximum atomic E-state index is 6.78. The predicted molar refractivity (Wildman–Crippen MR) is 259 cm³/mol. The number of ether oxygens (including phenoxy) is 1. The van der Waals surface area contributed by atoms with Crippen molar-refractivity contribution in [3.63, 3.8) is 0 Å². The summed E-state index contributed by atoms with van der Waals surface area (Å²) in [5.41, 5.74) is 22.1. The number of anilines is 3. The molecule has 13 rings (SSSR count). The third-order valence-corrected chi connectivity index (χ3v) is 13.5. The molecule has 0 fully saturated rings. The average Bonchev–Trinajstić information content (AvgIpc) is 3.49. The molecule has 0 N–H and O–H groups in total. The van der Waals surface area contributed by atoms with Gasteiger partial charge in [0.2, 0.25) is 0 Å². The van der Waals surface area contributed by atoms with Gasteiger partial charge in [-0.1, -0.05) is 194 Å². The van der Waals surface area contributed by atoms with Crippen LogP contribution in [0.3, 0.4) is 0 Å². The second kappa shape index (κ2) is 13.9. The Hall–Kier alpha value is -8.20. The van der Waals surface area contributed by atoms with Crippen molar-refractivity contribution < 1.29 is 4.74 Å². The second-order valence-corrected chi connectivity index (χ2v) is 16.7. The summed E-state index contributed by atoms with van der Waals surface area (Å²) >= 11 is 0. The largest absolute Gasteiger partial charge is 0.456 e. The third-order valence-electron chi connectivity index (χ3n) is 13.5. The molecule has 0 atom stereocenters. The fourth-order valence-electron chi connectivity index (χ4n) is 10.9. The van der Waals surface area contributed by atoms with Crippen LogP contribution in [0, 0.1) is 0 Å². The molecule has 0 unspecified atom stereocenters. The van der Waals surface area contributed by atoms with Crippen LogP contribution in [0.4, 0.5) is 17.1 Å². The Labute approximate surface area is 367 Å². The van der Waals surface area contributed by atoms with Crippen LogP contribution < -0.4 is 9.64 Å². The minimum absolute atomic E-state index is 0.606. The van der Waals surface area contributed by atoms with E-state index in [4.69, 9.17) is 4.74 Å². The van der Waals surface area contributed by atoms with Crippen molar-refractivity contribution in [1.82, 2.24) is 0 Å². The quantitative estimate of drug-likeness (QED) is 0.176. The summed E-state index contributed by atoms with van der Waals surface area (Å²) in [5, 5.41) is 0. The van der Waals surface area contributed by atoms with Gasteiger partial charge in [0.05, 0.1) is 11.1 Å². The van der Waals surface area contributed by atoms with Crippen LogP contribution >= 0.6 is 0 Å². The molecule has 2 aliphatic carbocycles. The van der Waals surface area contributed by atoms with Crippen LogP contribution in [0.1, 0.15) is 22.3 Å². The smallest absolute Gasteiger partial charge is 0.135 e. The third kappa shape index (κ3) is 5.19. The molecule has 10 aromatic carbocycles. The van der Waals surface area contributed by atoms with E-state index in [0.29, 0.717) is 0 Å². The summed E-state index contributed by atoms with van der Waals surface area (Å²) in [4.78, 5) is 2.46. The lowest BCUT2D eigenvalue weighted by molar-refractivity contribution is 0.488. The molecule has 0 saturated carbocycles. The first-order valence-corrected chi connectivity index (χ1v) is 21.8. The van der Waals surface area contributed by atoms with Gasteiger partial charge < -0.3 is 9.64 Å². The Bertz CT molecular complexity index is 3390. The predicted octanol–water partition coefficient (Wildman–Crippen LogP) is 16.3. The van der Waals surface area contributed by atoms with Gasteiger partial charge in [0.15, 0.2) is 0 Å². The number of fused-ring (bicyclic) bond motifs is 17. The van der Waals surface area contributed by atoms with E-state index >= 15 is 0 Å². The molecule has 1 heterocycles. The zero-order valence-corrected chi connectivity index (χ0v) is 34.4. The van der Waals surface area contributed by atoms with Crippen LogP contribution in [0.5, 0.6) is 11.5 Å². The van der Waals surface area contributed by atoms with E-state index in [1.165, 1.54) is 55.6 Å². The van der Waals surface area contributed by atoms with Crippen molar-refractivity contribution in [2.75, 3.05) is 4.90 Å². The van der Waals surface area contributed by atoms with Gasteiger partial charge in [-0.15, -0.1) is 0 Å². The molecule has 2 nitrogen and oxygen atoms in total. The molecule has 0 aromatic heterocycles. The zero-order valence-electron chi connectivity index (χ0n) is 34.4. The average molecular weight is 802 g/mol. The monoisotopic (exact) mass is 801 g/mol. The Morgan fingerprint density at radius 3 is 1.32 bits per heavy atom. The number of para-hydroxylation sites is 2. The second-order valence-electron chi connectivity index (χ2n) is 16.7. The van der Waals surface area contributed by atoms with Gasteiger partial charge in [-0.25, -0.2) is 0 Å². The number of hydrogen-bond acceptors (Lipinski definition) is 2. The SMILES string of the molecule is c1ccc(-c2ccccc2N(c2ccc3c(c2)-c2ccccc2-c2ccccc2O3)c2ccc3c(c2)C2(c4ccccc4-c4ccccc4-c4ccccc42)c2ccccc2-3)cc1. The van der Waals surface area contributed by atoms with Crippen LogP contribution in [-0.4, -0.2) is 0 Å². The first-order chi connectivity index (χ1) is 31.3. The molecule has 0 amide bonds. The summed E-state index contributed by atoms with van der Waals surface area (Å²) in [6, 6.07) is 86.7. The van der Waals surface area contributed by atoms with Gasteiger partial charge in [-0.2, -0.15) is 0 Å². The van der Waals surface area contributed by atoms with Crippen molar-refractivity contribution in [2.24, 2.45) is 0 Å². The van der Waals surface area contributed by atoms with E-state index in [1.807, 2.05) is 6.07 Å². The lowest BCUT2D eigenvalue weighted by Crippen LogP contribution is -2.29. The highest BCUT2D eigenvalue weighted by Crippen LogP contribution is 2.62. The fourth-order valence-corrected chi connectivity index (χ4v) is 10.9. The molecular formula is C61H39NO. The first-order valence-electron chi connectivity index (χ1n) is 21.8. The summed E-state index contributed by atoms with van der Waals surface area (Å²) in [6.45, 7) is 0. The van der Waals surface area contributed by atoms with E-state index in [1.54, 1.807) is 0 Å². The maximum Gasteiger partial charge on any atom is 0.135 e. The van der Waals surface area contributed by atoms with Crippen LogP contribution in [0.15, 0.2) is 237 Å². The highest BCUT2D eigenvalue weighted by Gasteiger charge is 2.50. The minimum Gasteiger partial charge on any atom is -0.456 e. The van der Waals surface area contributed by atoms with E-state index < -0.39 is 5.41 Å². The molecule has 294 valence electrons. The molecule has 0 saturated heterocycles. The lowest BCUT2D eigenvalue weighted by atomic mass is 9.66. The Balaban J connectivity index is 1.11. The Morgan fingerprint density at radius 2 is 0.683 bits per heavy atom.